The van der Waals surface area contributed by atoms with Crippen LogP contribution in [0.15, 0.2) is 70.1 Å². The zero-order valence-corrected chi connectivity index (χ0v) is 12.5. The van der Waals surface area contributed by atoms with Crippen molar-refractivity contribution in [3.05, 3.63) is 65.2 Å². The van der Waals surface area contributed by atoms with E-state index in [2.05, 4.69) is 27.5 Å². The van der Waals surface area contributed by atoms with Crippen molar-refractivity contribution in [1.82, 2.24) is 9.97 Å². The predicted octanol–water partition coefficient (Wildman–Crippen LogP) is 3.04. The van der Waals surface area contributed by atoms with Gasteiger partial charge in [0.15, 0.2) is 0 Å². The number of hydrogen-bond acceptors (Lipinski definition) is 3. The summed E-state index contributed by atoms with van der Waals surface area (Å²) in [6.07, 6.45) is 5.37. The van der Waals surface area contributed by atoms with E-state index in [4.69, 9.17) is 5.73 Å². The Morgan fingerprint density at radius 1 is 1.09 bits per heavy atom. The Hall–Kier alpha value is -2.66. The van der Waals surface area contributed by atoms with Gasteiger partial charge in [0.1, 0.15) is 0 Å². The van der Waals surface area contributed by atoms with Crippen molar-refractivity contribution in [2.45, 2.75) is 4.90 Å². The summed E-state index contributed by atoms with van der Waals surface area (Å²) in [4.78, 5) is 21.5. The summed E-state index contributed by atoms with van der Waals surface area (Å²) < 4.78 is 0. The molecule has 4 nitrogen and oxygen atoms in total. The lowest BCUT2D eigenvalue weighted by Crippen LogP contribution is -2.11. The molecule has 1 aliphatic rings. The third-order valence-electron chi connectivity index (χ3n) is 3.69. The fourth-order valence-electron chi connectivity index (χ4n) is 2.66. The number of nitrogens with two attached hydrogens (primary N) is 1. The van der Waals surface area contributed by atoms with Crippen LogP contribution in [0.2, 0.25) is 0 Å². The van der Waals surface area contributed by atoms with Gasteiger partial charge in [0.25, 0.3) is 0 Å². The number of nitrogens with zero attached hydrogens (tertiary/aromatic N) is 2. The summed E-state index contributed by atoms with van der Waals surface area (Å²) >= 11 is 0. The van der Waals surface area contributed by atoms with E-state index in [1.54, 1.807) is 12.4 Å². The molecule has 1 aliphatic heterocycles. The number of amides is 1. The third kappa shape index (κ3) is 1.98. The fourth-order valence-corrected chi connectivity index (χ4v) is 4.63. The highest BCUT2D eigenvalue weighted by Gasteiger charge is 2.16. The number of benzene rings is 1. The molecule has 1 aromatic carbocycles. The number of pyridine rings is 2. The van der Waals surface area contributed by atoms with Crippen LogP contribution in [0.1, 0.15) is 0 Å². The van der Waals surface area contributed by atoms with E-state index in [9.17, 15) is 4.79 Å². The Bertz CT molecular complexity index is 978. The standard InChI is InChI=1S/C17H13N3OS/c18-17(21)12-5-8-22(10-12)14-9-11-3-1-6-19-15(11)16-13(14)4-2-7-20-16/h1-10,22H,(H2,18,21). The molecular formula is C17H13N3OS. The predicted molar refractivity (Wildman–Crippen MR) is 90.7 cm³/mol. The molecule has 0 radical (unpaired) electrons. The minimum absolute atomic E-state index is 0.383. The van der Waals surface area contributed by atoms with Crippen molar-refractivity contribution < 1.29 is 4.79 Å². The van der Waals surface area contributed by atoms with Crippen LogP contribution in [-0.2, 0) is 4.79 Å². The zero-order chi connectivity index (χ0) is 15.1. The Morgan fingerprint density at radius 3 is 2.64 bits per heavy atom. The maximum atomic E-state index is 11.3. The minimum atomic E-state index is -0.696. The van der Waals surface area contributed by atoms with Gasteiger partial charge in [0.05, 0.1) is 11.0 Å². The van der Waals surface area contributed by atoms with Gasteiger partial charge in [-0.05, 0) is 35.1 Å². The van der Waals surface area contributed by atoms with E-state index in [1.807, 2.05) is 29.7 Å². The highest BCUT2D eigenvalue weighted by Crippen LogP contribution is 2.48. The summed E-state index contributed by atoms with van der Waals surface area (Å²) in [6, 6.07) is 10.1. The summed E-state index contributed by atoms with van der Waals surface area (Å²) in [6.45, 7) is 0. The van der Waals surface area contributed by atoms with Crippen LogP contribution in [-0.4, -0.2) is 15.9 Å². The van der Waals surface area contributed by atoms with E-state index in [1.165, 1.54) is 4.90 Å². The Morgan fingerprint density at radius 2 is 1.86 bits per heavy atom. The molecule has 2 aromatic heterocycles. The van der Waals surface area contributed by atoms with E-state index in [-0.39, 0.29) is 5.91 Å². The first-order valence-corrected chi connectivity index (χ1v) is 8.33. The molecule has 22 heavy (non-hydrogen) atoms. The topological polar surface area (TPSA) is 68.9 Å². The van der Waals surface area contributed by atoms with Crippen molar-refractivity contribution in [2.24, 2.45) is 5.73 Å². The monoisotopic (exact) mass is 307 g/mol. The molecule has 4 rings (SSSR count). The van der Waals surface area contributed by atoms with Crippen LogP contribution in [0.25, 0.3) is 21.8 Å². The smallest absolute Gasteiger partial charge is 0.249 e. The largest absolute Gasteiger partial charge is 0.366 e. The highest BCUT2D eigenvalue weighted by molar-refractivity contribution is 8.22. The van der Waals surface area contributed by atoms with Crippen LogP contribution in [0.3, 0.4) is 0 Å². The lowest BCUT2D eigenvalue weighted by molar-refractivity contribution is -0.114. The third-order valence-corrected chi connectivity index (χ3v) is 5.65. The molecule has 1 atom stereocenters. The van der Waals surface area contributed by atoms with Crippen molar-refractivity contribution >= 4 is 38.6 Å². The molecule has 0 bridgehead atoms. The van der Waals surface area contributed by atoms with Crippen molar-refractivity contribution in [1.29, 1.82) is 0 Å². The second kappa shape index (κ2) is 4.96. The van der Waals surface area contributed by atoms with E-state index in [0.717, 1.165) is 21.8 Å². The molecule has 108 valence electrons. The maximum absolute atomic E-state index is 11.3. The second-order valence-electron chi connectivity index (χ2n) is 5.04. The van der Waals surface area contributed by atoms with Gasteiger partial charge in [0, 0.05) is 33.6 Å². The number of carbonyl (C=O) groups is 1. The SMILES string of the molecule is NC(=O)C1=C[SH](c2cc3cccnc3c3ncccc23)C=C1. The Kier molecular flexibility index (Phi) is 2.94. The first-order valence-electron chi connectivity index (χ1n) is 6.85. The average molecular weight is 307 g/mol. The first kappa shape index (κ1) is 13.0. The maximum Gasteiger partial charge on any atom is 0.249 e. The molecule has 1 amide bonds. The molecular weight excluding hydrogens is 294 g/mol. The number of primary amides is 1. The van der Waals surface area contributed by atoms with Crippen LogP contribution in [0.4, 0.5) is 0 Å². The number of aromatic nitrogens is 2. The van der Waals surface area contributed by atoms with E-state index >= 15 is 0 Å². The Balaban J connectivity index is 2.01. The number of rotatable bonds is 2. The van der Waals surface area contributed by atoms with Gasteiger partial charge in [-0.15, -0.1) is 0 Å². The molecule has 0 fully saturated rings. The summed E-state index contributed by atoms with van der Waals surface area (Å²) in [7, 11) is -0.696. The summed E-state index contributed by atoms with van der Waals surface area (Å²) in [5.74, 6) is -0.383. The number of thiol groups is 1. The number of hydrogen-bond donors (Lipinski definition) is 2. The minimum Gasteiger partial charge on any atom is -0.366 e. The first-order chi connectivity index (χ1) is 10.7. The van der Waals surface area contributed by atoms with E-state index in [0.29, 0.717) is 5.57 Å². The molecule has 0 saturated carbocycles. The lowest BCUT2D eigenvalue weighted by atomic mass is 10.1. The Labute approximate surface area is 129 Å². The lowest BCUT2D eigenvalue weighted by Gasteiger charge is -2.15. The van der Waals surface area contributed by atoms with Crippen LogP contribution in [0.5, 0.6) is 0 Å². The molecule has 0 aliphatic carbocycles. The molecule has 3 aromatic rings. The highest BCUT2D eigenvalue weighted by atomic mass is 32.2. The van der Waals surface area contributed by atoms with Crippen molar-refractivity contribution in [3.63, 3.8) is 0 Å². The van der Waals surface area contributed by atoms with Crippen LogP contribution in [0, 0.1) is 0 Å². The summed E-state index contributed by atoms with van der Waals surface area (Å²) in [5, 5.41) is 6.15. The van der Waals surface area contributed by atoms with Gasteiger partial charge in [-0.3, -0.25) is 14.8 Å². The van der Waals surface area contributed by atoms with Gasteiger partial charge in [-0.1, -0.05) is 12.1 Å². The molecule has 1 unspecified atom stereocenters. The zero-order valence-electron chi connectivity index (χ0n) is 11.6. The summed E-state index contributed by atoms with van der Waals surface area (Å²) in [5.41, 5.74) is 7.75. The quantitative estimate of drug-likeness (QED) is 0.565. The number of fused-ring (bicyclic) bond motifs is 3. The van der Waals surface area contributed by atoms with Crippen molar-refractivity contribution in [2.75, 3.05) is 0 Å². The van der Waals surface area contributed by atoms with Crippen LogP contribution >= 0.6 is 10.9 Å². The second-order valence-corrected chi connectivity index (χ2v) is 6.89. The fraction of sp³-hybridized carbons (Fsp3) is 0. The molecule has 2 N–H and O–H groups in total. The molecule has 5 heteroatoms. The van der Waals surface area contributed by atoms with Gasteiger partial charge < -0.3 is 5.73 Å². The molecule has 3 heterocycles. The van der Waals surface area contributed by atoms with Gasteiger partial charge in [-0.2, -0.15) is 10.9 Å². The van der Waals surface area contributed by atoms with Gasteiger partial charge >= 0.3 is 0 Å². The normalized spacial score (nSPS) is 18.7. The molecule has 0 spiro atoms. The average Bonchev–Trinajstić information content (AvgIpc) is 3.04. The van der Waals surface area contributed by atoms with Gasteiger partial charge in [-0.25, -0.2) is 0 Å². The number of carbonyl (C=O) groups excluding carboxylic acids is 1. The van der Waals surface area contributed by atoms with E-state index < -0.39 is 10.9 Å². The van der Waals surface area contributed by atoms with Gasteiger partial charge in [0.2, 0.25) is 5.91 Å². The molecule has 0 saturated heterocycles. The van der Waals surface area contributed by atoms with Crippen molar-refractivity contribution in [3.8, 4) is 0 Å². The van der Waals surface area contributed by atoms with Crippen LogP contribution < -0.4 is 5.73 Å².